The molecule has 1 aromatic carbocycles. The Labute approximate surface area is 231 Å². The van der Waals surface area contributed by atoms with E-state index in [0.717, 1.165) is 49.2 Å². The number of rotatable bonds is 4. The minimum Gasteiger partial charge on any atom is -0.443 e. The van der Waals surface area contributed by atoms with Crippen molar-refractivity contribution in [2.45, 2.75) is 77.7 Å². The second-order valence-electron chi connectivity index (χ2n) is 11.3. The van der Waals surface area contributed by atoms with Gasteiger partial charge in [0.05, 0.1) is 23.4 Å². The number of hydrogen-bond acceptors (Lipinski definition) is 6. The van der Waals surface area contributed by atoms with Crippen LogP contribution in [0.4, 0.5) is 5.69 Å². The van der Waals surface area contributed by atoms with Crippen molar-refractivity contribution in [3.63, 3.8) is 0 Å². The summed E-state index contributed by atoms with van der Waals surface area (Å²) >= 11 is 0. The summed E-state index contributed by atoms with van der Waals surface area (Å²) in [7, 11) is 0. The molecule has 8 nitrogen and oxygen atoms in total. The van der Waals surface area contributed by atoms with E-state index in [0.29, 0.717) is 6.54 Å². The molecule has 3 aliphatic rings. The molecule has 2 aromatic rings. The number of nitrogens with two attached hydrogens (primary N) is 1. The Hall–Kier alpha value is -2.29. The Balaban J connectivity index is 0.00000190. The molecular weight excluding hydrogens is 513 g/mol. The molecule has 37 heavy (non-hydrogen) atoms. The predicted octanol–water partition coefficient (Wildman–Crippen LogP) is 4.85. The first-order valence-corrected chi connectivity index (χ1v) is 12.9. The molecule has 1 aromatic heterocycles. The van der Waals surface area contributed by atoms with Crippen molar-refractivity contribution in [3.05, 3.63) is 48.0 Å². The summed E-state index contributed by atoms with van der Waals surface area (Å²) < 4.78 is 7.49. The lowest BCUT2D eigenvalue weighted by atomic mass is 9.81. The molecule has 5 atom stereocenters. The van der Waals surface area contributed by atoms with Crippen LogP contribution in [0.25, 0.3) is 0 Å². The summed E-state index contributed by atoms with van der Waals surface area (Å²) in [5.41, 5.74) is 8.01. The lowest BCUT2D eigenvalue weighted by Gasteiger charge is -2.41. The van der Waals surface area contributed by atoms with Crippen LogP contribution >= 0.6 is 24.8 Å². The van der Waals surface area contributed by atoms with Gasteiger partial charge in [-0.1, -0.05) is 31.0 Å². The van der Waals surface area contributed by atoms with E-state index in [1.54, 1.807) is 6.20 Å². The van der Waals surface area contributed by atoms with Crippen LogP contribution in [0.3, 0.4) is 0 Å². The Morgan fingerprint density at radius 3 is 2.59 bits per heavy atom. The second-order valence-corrected chi connectivity index (χ2v) is 11.3. The molecule has 0 unspecified atom stereocenters. The molecule has 3 N–H and O–H groups in total. The van der Waals surface area contributed by atoms with Gasteiger partial charge in [-0.15, -0.1) is 24.8 Å². The van der Waals surface area contributed by atoms with Gasteiger partial charge in [0, 0.05) is 36.6 Å². The van der Waals surface area contributed by atoms with Crippen molar-refractivity contribution in [3.8, 4) is 0 Å². The molecule has 2 aliphatic heterocycles. The van der Waals surface area contributed by atoms with E-state index in [9.17, 15) is 9.59 Å². The van der Waals surface area contributed by atoms with Gasteiger partial charge in [-0.3, -0.25) is 14.2 Å². The van der Waals surface area contributed by atoms with Crippen LogP contribution < -0.4 is 11.1 Å². The smallest absolute Gasteiger partial charge is 0.312 e. The molecule has 10 heteroatoms. The average Bonchev–Trinajstić information content (AvgIpc) is 3.49. The van der Waals surface area contributed by atoms with Gasteiger partial charge < -0.3 is 20.7 Å². The third-order valence-electron chi connectivity index (χ3n) is 7.86. The maximum absolute atomic E-state index is 13.8. The summed E-state index contributed by atoms with van der Waals surface area (Å²) in [6.07, 6.45) is 8.44. The molecular formula is C27H39Cl2N5O3. The highest BCUT2D eigenvalue weighted by Crippen LogP contribution is 2.51. The topological polar surface area (TPSA) is 102 Å². The van der Waals surface area contributed by atoms with Gasteiger partial charge in [-0.05, 0) is 51.7 Å². The van der Waals surface area contributed by atoms with Crippen molar-refractivity contribution >= 4 is 42.4 Å². The van der Waals surface area contributed by atoms with Crippen LogP contribution in [-0.4, -0.2) is 38.9 Å². The minimum atomic E-state index is -0.569. The lowest BCUT2D eigenvalue weighted by molar-refractivity contribution is -0.157. The van der Waals surface area contributed by atoms with Gasteiger partial charge in [-0.25, -0.2) is 4.98 Å². The fourth-order valence-electron chi connectivity index (χ4n) is 5.96. The number of halogens is 2. The Morgan fingerprint density at radius 2 is 1.86 bits per heavy atom. The Kier molecular flexibility index (Phi) is 9.19. The van der Waals surface area contributed by atoms with Crippen LogP contribution in [0.5, 0.6) is 0 Å². The quantitative estimate of drug-likeness (QED) is 0.526. The molecule has 2 fully saturated rings. The zero-order valence-corrected chi connectivity index (χ0v) is 23.4. The third-order valence-corrected chi connectivity index (χ3v) is 7.86. The normalized spacial score (nSPS) is 26.6. The first kappa shape index (κ1) is 29.3. The molecule has 0 bridgehead atoms. The van der Waals surface area contributed by atoms with Crippen molar-refractivity contribution in [2.75, 3.05) is 11.9 Å². The van der Waals surface area contributed by atoms with Gasteiger partial charge >= 0.3 is 5.97 Å². The van der Waals surface area contributed by atoms with E-state index >= 15 is 0 Å². The summed E-state index contributed by atoms with van der Waals surface area (Å²) in [6, 6.07) is 8.06. The number of hydrogen-bond donors (Lipinski definition) is 2. The summed E-state index contributed by atoms with van der Waals surface area (Å²) in [6.45, 7) is 6.36. The standard InChI is InChI=1S/C27H37N5O3.2ClH/c1-27(2,3)26(34)35-16-31-15-13-29-24(31)22-19-12-14-32(25(33)17-8-4-6-10-20(17)28)23(19)18-9-5-7-11-21(18)30-22;;/h5,7,9,11,13,15,17,19-20,22-23,30H,4,6,8,10,12,14,16,28H2,1-3H3;2*1H/t17-,19-,20+,22-,23+;;/m0../s1. The first-order valence-electron chi connectivity index (χ1n) is 12.9. The van der Waals surface area contributed by atoms with Crippen LogP contribution in [-0.2, 0) is 21.1 Å². The Morgan fingerprint density at radius 1 is 1.14 bits per heavy atom. The number of nitrogens with one attached hydrogen (secondary N) is 1. The number of ether oxygens (including phenoxy) is 1. The van der Waals surface area contributed by atoms with Gasteiger partial charge in [0.2, 0.25) is 5.91 Å². The predicted molar refractivity (Wildman–Crippen MR) is 148 cm³/mol. The molecule has 204 valence electrons. The van der Waals surface area contributed by atoms with Crippen LogP contribution in [0.1, 0.15) is 76.3 Å². The molecule has 3 heterocycles. The van der Waals surface area contributed by atoms with Crippen molar-refractivity contribution in [2.24, 2.45) is 23.0 Å². The number of aromatic nitrogens is 2. The van der Waals surface area contributed by atoms with Crippen molar-refractivity contribution < 1.29 is 14.3 Å². The zero-order valence-electron chi connectivity index (χ0n) is 21.8. The van der Waals surface area contributed by atoms with Crippen LogP contribution in [0, 0.1) is 17.3 Å². The summed E-state index contributed by atoms with van der Waals surface area (Å²) in [5.74, 6) is 0.829. The van der Waals surface area contributed by atoms with Gasteiger partial charge in [0.15, 0.2) is 6.73 Å². The Bertz CT molecular complexity index is 1100. The lowest BCUT2D eigenvalue weighted by Crippen LogP contribution is -2.47. The average molecular weight is 553 g/mol. The highest BCUT2D eigenvalue weighted by molar-refractivity contribution is 5.85. The number of nitrogens with zero attached hydrogens (tertiary/aromatic N) is 3. The second kappa shape index (κ2) is 11.6. The van der Waals surface area contributed by atoms with E-state index in [1.165, 1.54) is 0 Å². The molecule has 1 saturated carbocycles. The number of imidazole rings is 1. The molecule has 0 spiro atoms. The van der Waals surface area contributed by atoms with E-state index in [2.05, 4.69) is 27.3 Å². The third kappa shape index (κ3) is 5.61. The highest BCUT2D eigenvalue weighted by atomic mass is 35.5. The largest absolute Gasteiger partial charge is 0.443 e. The van der Waals surface area contributed by atoms with Gasteiger partial charge in [0.25, 0.3) is 0 Å². The molecule has 1 saturated heterocycles. The van der Waals surface area contributed by atoms with Gasteiger partial charge in [-0.2, -0.15) is 0 Å². The number of carbonyl (C=O) groups is 2. The summed E-state index contributed by atoms with van der Waals surface area (Å²) in [5, 5.41) is 3.69. The fraction of sp³-hybridized carbons (Fsp3) is 0.593. The molecule has 1 amide bonds. The monoisotopic (exact) mass is 551 g/mol. The van der Waals surface area contributed by atoms with Crippen LogP contribution in [0.2, 0.25) is 0 Å². The number of esters is 1. The number of amides is 1. The van der Waals surface area contributed by atoms with Gasteiger partial charge in [0.1, 0.15) is 5.82 Å². The molecule has 0 radical (unpaired) electrons. The van der Waals surface area contributed by atoms with E-state index in [1.807, 2.05) is 43.7 Å². The van der Waals surface area contributed by atoms with Crippen molar-refractivity contribution in [1.29, 1.82) is 0 Å². The van der Waals surface area contributed by atoms with E-state index in [-0.39, 0.29) is 73.4 Å². The number of fused-ring (bicyclic) bond motifs is 3. The molecule has 1 aliphatic carbocycles. The molecule has 5 rings (SSSR count). The minimum absolute atomic E-state index is 0. The number of carbonyl (C=O) groups excluding carboxylic acids is 2. The van der Waals surface area contributed by atoms with E-state index < -0.39 is 5.41 Å². The highest BCUT2D eigenvalue weighted by Gasteiger charge is 2.49. The van der Waals surface area contributed by atoms with Crippen molar-refractivity contribution in [1.82, 2.24) is 14.5 Å². The first-order chi connectivity index (χ1) is 16.8. The number of likely N-dealkylation sites (tertiary alicyclic amines) is 1. The number of benzene rings is 1. The maximum atomic E-state index is 13.8. The zero-order chi connectivity index (χ0) is 24.7. The summed E-state index contributed by atoms with van der Waals surface area (Å²) in [4.78, 5) is 32.9. The number of para-hydroxylation sites is 1. The van der Waals surface area contributed by atoms with E-state index in [4.69, 9.17) is 10.5 Å². The SMILES string of the molecule is CC(C)(C)C(=O)OCn1ccnc1[C@H]1Nc2ccccc2[C@@H]2[C@H]1CCN2C(=O)[C@H]1CCCC[C@H]1N.Cl.Cl. The van der Waals surface area contributed by atoms with Crippen LogP contribution in [0.15, 0.2) is 36.7 Å². The fourth-order valence-corrected chi connectivity index (χ4v) is 5.96. The number of anilines is 1. The maximum Gasteiger partial charge on any atom is 0.312 e.